The van der Waals surface area contributed by atoms with Crippen LogP contribution in [0, 0.1) is 11.7 Å². The summed E-state index contributed by atoms with van der Waals surface area (Å²) >= 11 is 0. The van der Waals surface area contributed by atoms with Crippen LogP contribution in [0.1, 0.15) is 33.1 Å². The summed E-state index contributed by atoms with van der Waals surface area (Å²) in [5, 5.41) is 11.9. The van der Waals surface area contributed by atoms with Gasteiger partial charge in [-0.3, -0.25) is 9.59 Å². The fourth-order valence-electron chi connectivity index (χ4n) is 2.88. The number of carboxylic acids is 1. The van der Waals surface area contributed by atoms with E-state index in [4.69, 9.17) is 0 Å². The fraction of sp³-hybridized carbons (Fsp3) is 0.471. The molecule has 2 atom stereocenters. The molecule has 0 saturated carbocycles. The van der Waals surface area contributed by atoms with E-state index in [9.17, 15) is 23.9 Å². The average molecular weight is 336 g/mol. The topological polar surface area (TPSA) is 86.7 Å². The lowest BCUT2D eigenvalue weighted by Gasteiger charge is -2.27. The lowest BCUT2D eigenvalue weighted by atomic mass is 9.95. The highest BCUT2D eigenvalue weighted by molar-refractivity contribution is 6.01. The molecule has 2 unspecified atom stereocenters. The molecule has 1 fully saturated rings. The molecule has 0 radical (unpaired) electrons. The molecule has 1 aromatic rings. The first-order valence-electron chi connectivity index (χ1n) is 7.89. The van der Waals surface area contributed by atoms with Crippen molar-refractivity contribution in [1.82, 2.24) is 5.32 Å². The second kappa shape index (κ2) is 6.98. The largest absolute Gasteiger partial charge is 0.480 e. The number of benzene rings is 1. The monoisotopic (exact) mass is 336 g/mol. The molecule has 0 aliphatic carbocycles. The van der Waals surface area contributed by atoms with Crippen molar-refractivity contribution in [1.29, 1.82) is 0 Å². The quantitative estimate of drug-likeness (QED) is 0.831. The molecule has 130 valence electrons. The number of halogens is 1. The van der Waals surface area contributed by atoms with Gasteiger partial charge in [-0.25, -0.2) is 9.18 Å². The first-order valence-corrected chi connectivity index (χ1v) is 7.89. The summed E-state index contributed by atoms with van der Waals surface area (Å²) in [4.78, 5) is 37.2. The Morgan fingerprint density at radius 1 is 1.42 bits per heavy atom. The summed E-state index contributed by atoms with van der Waals surface area (Å²) in [6, 6.07) is 5.86. The smallest absolute Gasteiger partial charge is 0.329 e. The zero-order valence-corrected chi connectivity index (χ0v) is 13.7. The third kappa shape index (κ3) is 3.55. The van der Waals surface area contributed by atoms with E-state index in [1.165, 1.54) is 30.0 Å². The maximum Gasteiger partial charge on any atom is 0.329 e. The van der Waals surface area contributed by atoms with Gasteiger partial charge in [0.2, 0.25) is 11.8 Å². The molecule has 0 aromatic heterocycles. The molecule has 1 saturated heterocycles. The number of para-hydroxylation sites is 1. The van der Waals surface area contributed by atoms with Gasteiger partial charge in [0, 0.05) is 13.0 Å². The third-order valence-electron chi connectivity index (χ3n) is 4.26. The Hall–Kier alpha value is -2.44. The Bertz CT molecular complexity index is 664. The molecule has 6 nitrogen and oxygen atoms in total. The van der Waals surface area contributed by atoms with E-state index in [1.807, 2.05) is 6.92 Å². The fourth-order valence-corrected chi connectivity index (χ4v) is 2.88. The molecule has 24 heavy (non-hydrogen) atoms. The summed E-state index contributed by atoms with van der Waals surface area (Å²) < 4.78 is 13.8. The van der Waals surface area contributed by atoms with Crippen LogP contribution < -0.4 is 10.2 Å². The first-order chi connectivity index (χ1) is 11.3. The van der Waals surface area contributed by atoms with E-state index >= 15 is 0 Å². The van der Waals surface area contributed by atoms with Gasteiger partial charge in [0.05, 0.1) is 11.6 Å². The number of rotatable bonds is 6. The molecule has 0 spiro atoms. The summed E-state index contributed by atoms with van der Waals surface area (Å²) in [5.41, 5.74) is -1.24. The minimum absolute atomic E-state index is 0.0351. The van der Waals surface area contributed by atoms with Gasteiger partial charge in [-0.2, -0.15) is 0 Å². The maximum atomic E-state index is 13.8. The SMILES string of the molecule is CCCC(C)(NC(=O)C1CC(=O)N(c2ccccc2F)C1)C(=O)O. The number of amides is 2. The highest BCUT2D eigenvalue weighted by Gasteiger charge is 2.40. The van der Waals surface area contributed by atoms with E-state index in [1.54, 1.807) is 6.07 Å². The third-order valence-corrected chi connectivity index (χ3v) is 4.26. The Kier molecular flexibility index (Phi) is 5.21. The van der Waals surface area contributed by atoms with Crippen LogP contribution >= 0.6 is 0 Å². The number of carbonyl (C=O) groups is 3. The van der Waals surface area contributed by atoms with Crippen LogP contribution in [0.15, 0.2) is 24.3 Å². The summed E-state index contributed by atoms with van der Waals surface area (Å²) in [6.45, 7) is 3.31. The molecule has 1 heterocycles. The molecule has 0 bridgehead atoms. The van der Waals surface area contributed by atoms with Gasteiger partial charge in [0.25, 0.3) is 0 Å². The van der Waals surface area contributed by atoms with Crippen LogP contribution in [0.5, 0.6) is 0 Å². The van der Waals surface area contributed by atoms with E-state index in [2.05, 4.69) is 5.32 Å². The Morgan fingerprint density at radius 3 is 2.67 bits per heavy atom. The van der Waals surface area contributed by atoms with Crippen LogP contribution in [-0.2, 0) is 14.4 Å². The van der Waals surface area contributed by atoms with Crippen LogP contribution in [0.3, 0.4) is 0 Å². The van der Waals surface area contributed by atoms with E-state index in [0.29, 0.717) is 6.42 Å². The molecule has 1 aliphatic rings. The van der Waals surface area contributed by atoms with Crippen molar-refractivity contribution in [3.8, 4) is 0 Å². The average Bonchev–Trinajstić information content (AvgIpc) is 2.90. The van der Waals surface area contributed by atoms with Gasteiger partial charge in [-0.15, -0.1) is 0 Å². The van der Waals surface area contributed by atoms with Crippen LogP contribution in [-0.4, -0.2) is 35.0 Å². The van der Waals surface area contributed by atoms with E-state index in [-0.39, 0.29) is 31.0 Å². The number of anilines is 1. The van der Waals surface area contributed by atoms with Crippen molar-refractivity contribution in [3.05, 3.63) is 30.1 Å². The van der Waals surface area contributed by atoms with Crippen LogP contribution in [0.2, 0.25) is 0 Å². The first kappa shape index (κ1) is 17.9. The highest BCUT2D eigenvalue weighted by atomic mass is 19.1. The Labute approximate surface area is 139 Å². The number of hydrogen-bond donors (Lipinski definition) is 2. The molecular formula is C17H21FN2O4. The molecule has 2 N–H and O–H groups in total. The number of nitrogens with zero attached hydrogens (tertiary/aromatic N) is 1. The van der Waals surface area contributed by atoms with Crippen molar-refractivity contribution in [3.63, 3.8) is 0 Å². The van der Waals surface area contributed by atoms with Crippen LogP contribution in [0.25, 0.3) is 0 Å². The van der Waals surface area contributed by atoms with Gasteiger partial charge < -0.3 is 15.3 Å². The predicted octanol–water partition coefficient (Wildman–Crippen LogP) is 1.94. The summed E-state index contributed by atoms with van der Waals surface area (Å²) in [6.07, 6.45) is 0.807. The van der Waals surface area contributed by atoms with Gasteiger partial charge in [0.1, 0.15) is 11.4 Å². The highest BCUT2D eigenvalue weighted by Crippen LogP contribution is 2.28. The number of nitrogens with one attached hydrogen (secondary N) is 1. The molecule has 2 amide bonds. The second-order valence-corrected chi connectivity index (χ2v) is 6.23. The predicted molar refractivity (Wildman–Crippen MR) is 86.0 cm³/mol. The molecule has 1 aromatic carbocycles. The lowest BCUT2D eigenvalue weighted by Crippen LogP contribution is -2.54. The summed E-state index contributed by atoms with van der Waals surface area (Å²) in [5.74, 6) is -3.21. The molecule has 1 aliphatic heterocycles. The Morgan fingerprint density at radius 2 is 2.08 bits per heavy atom. The number of hydrogen-bond acceptors (Lipinski definition) is 3. The van der Waals surface area contributed by atoms with Gasteiger partial charge in [-0.05, 0) is 25.5 Å². The van der Waals surface area contributed by atoms with Gasteiger partial charge in [0.15, 0.2) is 0 Å². The number of carbonyl (C=O) groups excluding carboxylic acids is 2. The second-order valence-electron chi connectivity index (χ2n) is 6.23. The summed E-state index contributed by atoms with van der Waals surface area (Å²) in [7, 11) is 0. The molecule has 2 rings (SSSR count). The van der Waals surface area contributed by atoms with Gasteiger partial charge >= 0.3 is 5.97 Å². The Balaban J connectivity index is 2.12. The van der Waals surface area contributed by atoms with Crippen molar-refractivity contribution >= 4 is 23.5 Å². The van der Waals surface area contributed by atoms with Crippen molar-refractivity contribution in [2.45, 2.75) is 38.6 Å². The minimum atomic E-state index is -1.37. The molecule has 7 heteroatoms. The van der Waals surface area contributed by atoms with Crippen LogP contribution in [0.4, 0.5) is 10.1 Å². The van der Waals surface area contributed by atoms with Crippen molar-refractivity contribution in [2.75, 3.05) is 11.4 Å². The van der Waals surface area contributed by atoms with Crippen molar-refractivity contribution in [2.24, 2.45) is 5.92 Å². The zero-order chi connectivity index (χ0) is 17.9. The normalized spacial score (nSPS) is 19.9. The van der Waals surface area contributed by atoms with Crippen molar-refractivity contribution < 1.29 is 23.9 Å². The van der Waals surface area contributed by atoms with E-state index < -0.39 is 29.2 Å². The lowest BCUT2D eigenvalue weighted by molar-refractivity contribution is -0.147. The molecular weight excluding hydrogens is 315 g/mol. The maximum absolute atomic E-state index is 13.8. The van der Waals surface area contributed by atoms with Gasteiger partial charge in [-0.1, -0.05) is 25.5 Å². The minimum Gasteiger partial charge on any atom is -0.480 e. The number of carboxylic acid groups (broad SMARTS) is 1. The zero-order valence-electron chi connectivity index (χ0n) is 13.7. The standard InChI is InChI=1S/C17H21FN2O4/c1-3-8-17(2,16(23)24)19-15(22)11-9-14(21)20(10-11)13-7-5-4-6-12(13)18/h4-7,11H,3,8-10H2,1-2H3,(H,19,22)(H,23,24). The van der Waals surface area contributed by atoms with E-state index in [0.717, 1.165) is 0 Å². The number of aliphatic carboxylic acids is 1.